The molecular weight excluding hydrogens is 270 g/mol. The molecule has 102 valence electrons. The highest BCUT2D eigenvalue weighted by atomic mass is 32.2. The van der Waals surface area contributed by atoms with Crippen LogP contribution < -0.4 is 10.0 Å². The number of pyridine rings is 1. The molecule has 2 N–H and O–H groups in total. The van der Waals surface area contributed by atoms with Crippen LogP contribution in [0.2, 0.25) is 0 Å². The molecule has 18 heavy (non-hydrogen) atoms. The fourth-order valence-electron chi connectivity index (χ4n) is 1.33. The Bertz CT molecular complexity index is 446. The van der Waals surface area contributed by atoms with Gasteiger partial charge in [0.05, 0.1) is 0 Å². The van der Waals surface area contributed by atoms with Crippen LogP contribution in [0.1, 0.15) is 13.3 Å². The first-order valence-corrected chi connectivity index (χ1v) is 8.66. The number of nitrogens with zero attached hydrogens (tertiary/aromatic N) is 1. The predicted octanol–water partition coefficient (Wildman–Crippen LogP) is 1.54. The monoisotopic (exact) mass is 289 g/mol. The van der Waals surface area contributed by atoms with E-state index < -0.39 is 10.0 Å². The molecule has 0 amide bonds. The molecule has 1 aromatic rings. The maximum atomic E-state index is 11.9. The smallest absolute Gasteiger partial charge is 0.242 e. The third kappa shape index (κ3) is 4.83. The summed E-state index contributed by atoms with van der Waals surface area (Å²) in [4.78, 5) is 4.25. The highest BCUT2D eigenvalue weighted by Crippen LogP contribution is 2.10. The lowest BCUT2D eigenvalue weighted by molar-refractivity contribution is 0.580. The SMILES string of the molecule is CCNc1ccc(S(=O)(=O)NCCCSC)cn1. The van der Waals surface area contributed by atoms with Gasteiger partial charge in [0.2, 0.25) is 10.0 Å². The van der Waals surface area contributed by atoms with Crippen LogP contribution in [0.25, 0.3) is 0 Å². The van der Waals surface area contributed by atoms with Gasteiger partial charge in [-0.25, -0.2) is 18.1 Å². The third-order valence-corrected chi connectivity index (χ3v) is 4.37. The van der Waals surface area contributed by atoms with Crippen molar-refractivity contribution in [1.29, 1.82) is 0 Å². The van der Waals surface area contributed by atoms with Crippen molar-refractivity contribution >= 4 is 27.6 Å². The van der Waals surface area contributed by atoms with Gasteiger partial charge in [0, 0.05) is 19.3 Å². The first-order valence-electron chi connectivity index (χ1n) is 5.78. The molecule has 1 rings (SSSR count). The molecule has 0 spiro atoms. The Hall–Kier alpha value is -0.790. The average Bonchev–Trinajstić information content (AvgIpc) is 2.36. The molecule has 0 aromatic carbocycles. The number of anilines is 1. The Morgan fingerprint density at radius 2 is 2.17 bits per heavy atom. The van der Waals surface area contributed by atoms with Gasteiger partial charge < -0.3 is 5.32 Å². The third-order valence-electron chi connectivity index (χ3n) is 2.22. The lowest BCUT2D eigenvalue weighted by Gasteiger charge is -2.07. The van der Waals surface area contributed by atoms with E-state index in [0.29, 0.717) is 12.4 Å². The van der Waals surface area contributed by atoms with Crippen molar-refractivity contribution in [3.63, 3.8) is 0 Å². The zero-order chi connectivity index (χ0) is 13.4. The number of aromatic nitrogens is 1. The van der Waals surface area contributed by atoms with E-state index in [9.17, 15) is 8.42 Å². The van der Waals surface area contributed by atoms with Crippen molar-refractivity contribution in [2.75, 3.05) is 30.4 Å². The van der Waals surface area contributed by atoms with Gasteiger partial charge in [0.1, 0.15) is 10.7 Å². The van der Waals surface area contributed by atoms with E-state index >= 15 is 0 Å². The quantitative estimate of drug-likeness (QED) is 0.710. The molecule has 0 radical (unpaired) electrons. The zero-order valence-corrected chi connectivity index (χ0v) is 12.3. The summed E-state index contributed by atoms with van der Waals surface area (Å²) in [7, 11) is -3.42. The number of rotatable bonds is 8. The summed E-state index contributed by atoms with van der Waals surface area (Å²) in [5.41, 5.74) is 0. The van der Waals surface area contributed by atoms with E-state index in [-0.39, 0.29) is 4.90 Å². The van der Waals surface area contributed by atoms with Crippen molar-refractivity contribution < 1.29 is 8.42 Å². The van der Waals surface area contributed by atoms with Crippen molar-refractivity contribution in [2.24, 2.45) is 0 Å². The van der Waals surface area contributed by atoms with Gasteiger partial charge in [0.25, 0.3) is 0 Å². The van der Waals surface area contributed by atoms with Crippen LogP contribution in [-0.2, 0) is 10.0 Å². The van der Waals surface area contributed by atoms with Crippen LogP contribution in [0, 0.1) is 0 Å². The molecule has 0 aliphatic carbocycles. The van der Waals surface area contributed by atoms with Crippen LogP contribution in [-0.4, -0.2) is 38.5 Å². The summed E-state index contributed by atoms with van der Waals surface area (Å²) in [6.07, 6.45) is 4.19. The molecule has 0 fully saturated rings. The molecule has 7 heteroatoms. The molecule has 0 saturated heterocycles. The van der Waals surface area contributed by atoms with Crippen LogP contribution in [0.15, 0.2) is 23.2 Å². The Morgan fingerprint density at radius 3 is 2.72 bits per heavy atom. The summed E-state index contributed by atoms with van der Waals surface area (Å²) in [5.74, 6) is 1.62. The second-order valence-electron chi connectivity index (χ2n) is 3.65. The van der Waals surface area contributed by atoms with E-state index in [0.717, 1.165) is 18.7 Å². The average molecular weight is 289 g/mol. The molecule has 0 saturated carbocycles. The van der Waals surface area contributed by atoms with Gasteiger partial charge in [-0.2, -0.15) is 11.8 Å². The Balaban J connectivity index is 2.61. The number of hydrogen-bond acceptors (Lipinski definition) is 5. The normalized spacial score (nSPS) is 11.4. The Kier molecular flexibility index (Phi) is 6.45. The van der Waals surface area contributed by atoms with Gasteiger partial charge in [-0.3, -0.25) is 0 Å². The number of thioether (sulfide) groups is 1. The van der Waals surface area contributed by atoms with Crippen molar-refractivity contribution in [2.45, 2.75) is 18.2 Å². The fourth-order valence-corrected chi connectivity index (χ4v) is 2.78. The van der Waals surface area contributed by atoms with E-state index in [1.165, 1.54) is 6.20 Å². The van der Waals surface area contributed by atoms with Gasteiger partial charge in [-0.15, -0.1) is 0 Å². The van der Waals surface area contributed by atoms with Crippen LogP contribution in [0.5, 0.6) is 0 Å². The number of nitrogens with one attached hydrogen (secondary N) is 2. The predicted molar refractivity (Wildman–Crippen MR) is 76.6 cm³/mol. The summed E-state index contributed by atoms with van der Waals surface area (Å²) < 4.78 is 26.3. The largest absolute Gasteiger partial charge is 0.370 e. The van der Waals surface area contributed by atoms with E-state index in [2.05, 4.69) is 15.0 Å². The van der Waals surface area contributed by atoms with E-state index in [1.807, 2.05) is 13.2 Å². The molecule has 0 bridgehead atoms. The molecule has 0 aliphatic rings. The lowest BCUT2D eigenvalue weighted by Crippen LogP contribution is -2.25. The summed E-state index contributed by atoms with van der Waals surface area (Å²) >= 11 is 1.70. The van der Waals surface area contributed by atoms with Crippen LogP contribution in [0.4, 0.5) is 5.82 Å². The van der Waals surface area contributed by atoms with Crippen LogP contribution >= 0.6 is 11.8 Å². The maximum absolute atomic E-state index is 11.9. The van der Waals surface area contributed by atoms with E-state index in [4.69, 9.17) is 0 Å². The molecule has 5 nitrogen and oxygen atoms in total. The van der Waals surface area contributed by atoms with Crippen molar-refractivity contribution in [3.8, 4) is 0 Å². The molecule has 1 heterocycles. The molecule has 1 aromatic heterocycles. The second-order valence-corrected chi connectivity index (χ2v) is 6.41. The fraction of sp³-hybridized carbons (Fsp3) is 0.545. The van der Waals surface area contributed by atoms with Crippen LogP contribution in [0.3, 0.4) is 0 Å². The lowest BCUT2D eigenvalue weighted by atomic mass is 10.4. The minimum absolute atomic E-state index is 0.202. The first-order chi connectivity index (χ1) is 8.60. The van der Waals surface area contributed by atoms with Gasteiger partial charge in [-0.1, -0.05) is 0 Å². The molecular formula is C11H19N3O2S2. The number of sulfonamides is 1. The molecule has 0 atom stereocenters. The first kappa shape index (κ1) is 15.3. The summed E-state index contributed by atoms with van der Waals surface area (Å²) in [6.45, 7) is 3.17. The molecule has 0 aliphatic heterocycles. The highest BCUT2D eigenvalue weighted by Gasteiger charge is 2.13. The van der Waals surface area contributed by atoms with Gasteiger partial charge >= 0.3 is 0 Å². The topological polar surface area (TPSA) is 71.1 Å². The zero-order valence-electron chi connectivity index (χ0n) is 10.6. The summed E-state index contributed by atoms with van der Waals surface area (Å²) in [5, 5.41) is 3.02. The Labute approximate surface area is 113 Å². The highest BCUT2D eigenvalue weighted by molar-refractivity contribution is 7.98. The van der Waals surface area contributed by atoms with E-state index in [1.54, 1.807) is 23.9 Å². The van der Waals surface area contributed by atoms with Crippen molar-refractivity contribution in [1.82, 2.24) is 9.71 Å². The number of hydrogen-bond donors (Lipinski definition) is 2. The van der Waals surface area contributed by atoms with Gasteiger partial charge in [0.15, 0.2) is 0 Å². The Morgan fingerprint density at radius 1 is 1.39 bits per heavy atom. The van der Waals surface area contributed by atoms with Gasteiger partial charge in [-0.05, 0) is 37.5 Å². The maximum Gasteiger partial charge on any atom is 0.242 e. The molecule has 0 unspecified atom stereocenters. The second kappa shape index (κ2) is 7.60. The minimum atomic E-state index is -3.42. The minimum Gasteiger partial charge on any atom is -0.370 e. The van der Waals surface area contributed by atoms with Crippen molar-refractivity contribution in [3.05, 3.63) is 18.3 Å². The summed E-state index contributed by atoms with van der Waals surface area (Å²) in [6, 6.07) is 3.22. The standard InChI is InChI=1S/C11H19N3O2S2/c1-3-12-11-6-5-10(9-13-11)18(15,16)14-7-4-8-17-2/h5-6,9,14H,3-4,7-8H2,1-2H3,(H,12,13).